The summed E-state index contributed by atoms with van der Waals surface area (Å²) in [6.07, 6.45) is 11.5. The fraction of sp³-hybridized carbons (Fsp3) is 0.667. The first-order valence-corrected chi connectivity index (χ1v) is 13.1. The first-order chi connectivity index (χ1) is 16.6. The number of carboxylic acids is 1. The van der Waals surface area contributed by atoms with Crippen molar-refractivity contribution in [2.24, 2.45) is 11.8 Å². The zero-order valence-corrected chi connectivity index (χ0v) is 20.3. The van der Waals surface area contributed by atoms with E-state index in [1.807, 2.05) is 0 Å². The molecule has 2 atom stereocenters. The van der Waals surface area contributed by atoms with Crippen molar-refractivity contribution in [3.63, 3.8) is 0 Å². The summed E-state index contributed by atoms with van der Waals surface area (Å²) >= 11 is 0. The molecule has 2 fully saturated rings. The van der Waals surface area contributed by atoms with E-state index in [0.29, 0.717) is 19.0 Å². The number of methoxy groups -OCH3 is 1. The average Bonchev–Trinajstić information content (AvgIpc) is 3.26. The van der Waals surface area contributed by atoms with E-state index in [2.05, 4.69) is 16.7 Å². The van der Waals surface area contributed by atoms with Gasteiger partial charge in [0.1, 0.15) is 5.82 Å². The highest BCUT2D eigenvalue weighted by molar-refractivity contribution is 5.82. The molecule has 2 saturated carbocycles. The van der Waals surface area contributed by atoms with E-state index >= 15 is 0 Å². The lowest BCUT2D eigenvalue weighted by molar-refractivity contribution is -0.145. The molecule has 184 valence electrons. The Morgan fingerprint density at radius 1 is 1.09 bits per heavy atom. The van der Waals surface area contributed by atoms with Crippen molar-refractivity contribution in [1.29, 1.82) is 0 Å². The lowest BCUT2D eigenvalue weighted by Crippen LogP contribution is -2.35. The predicted octanol–water partition coefficient (Wildman–Crippen LogP) is 5.49. The van der Waals surface area contributed by atoms with Crippen molar-refractivity contribution in [2.75, 3.05) is 13.7 Å². The van der Waals surface area contributed by atoms with E-state index in [9.17, 15) is 14.7 Å². The zero-order chi connectivity index (χ0) is 23.7. The number of imidazole rings is 1. The van der Waals surface area contributed by atoms with Gasteiger partial charge >= 0.3 is 12.1 Å². The molecular weight excluding hydrogens is 430 g/mol. The molecular formula is C27H37N3O4. The third kappa shape index (κ3) is 4.41. The summed E-state index contributed by atoms with van der Waals surface area (Å²) in [6.45, 7) is 2.01. The Morgan fingerprint density at radius 3 is 2.62 bits per heavy atom. The number of fused-ring (bicyclic) bond motifs is 3. The van der Waals surface area contributed by atoms with Crippen molar-refractivity contribution in [3.8, 4) is 0 Å². The summed E-state index contributed by atoms with van der Waals surface area (Å²) < 4.78 is 7.39. The van der Waals surface area contributed by atoms with Crippen LogP contribution in [0.15, 0.2) is 12.1 Å². The van der Waals surface area contributed by atoms with Crippen LogP contribution in [0.5, 0.6) is 0 Å². The van der Waals surface area contributed by atoms with Crippen molar-refractivity contribution in [1.82, 2.24) is 14.5 Å². The molecule has 2 heterocycles. The summed E-state index contributed by atoms with van der Waals surface area (Å²) in [5.41, 5.74) is 4.57. The van der Waals surface area contributed by atoms with Crippen molar-refractivity contribution >= 4 is 23.1 Å². The maximum Gasteiger partial charge on any atom is 0.409 e. The van der Waals surface area contributed by atoms with Gasteiger partial charge in [-0.1, -0.05) is 38.2 Å². The minimum Gasteiger partial charge on any atom is -0.481 e. The number of aryl methyl sites for hydroxylation is 1. The first kappa shape index (κ1) is 23.2. The van der Waals surface area contributed by atoms with Crippen LogP contribution in [-0.2, 0) is 29.0 Å². The number of nitrogens with zero attached hydrogens (tertiary/aromatic N) is 3. The lowest BCUT2D eigenvalue weighted by atomic mass is 9.77. The van der Waals surface area contributed by atoms with Gasteiger partial charge in [-0.3, -0.25) is 4.79 Å². The van der Waals surface area contributed by atoms with E-state index < -0.39 is 5.97 Å². The number of ether oxygens (including phenoxy) is 1. The first-order valence-electron chi connectivity index (χ1n) is 13.1. The summed E-state index contributed by atoms with van der Waals surface area (Å²) in [5.74, 6) is 1.00. The third-order valence-corrected chi connectivity index (χ3v) is 8.51. The summed E-state index contributed by atoms with van der Waals surface area (Å²) in [7, 11) is 1.43. The summed E-state index contributed by atoms with van der Waals surface area (Å²) in [5, 5.41) is 9.76. The maximum absolute atomic E-state index is 12.2. The van der Waals surface area contributed by atoms with E-state index in [-0.39, 0.29) is 17.9 Å². The minimum absolute atomic E-state index is 0.219. The number of aliphatic carboxylic acids is 1. The van der Waals surface area contributed by atoms with Crippen LogP contribution in [0.1, 0.15) is 87.1 Å². The molecule has 34 heavy (non-hydrogen) atoms. The van der Waals surface area contributed by atoms with E-state index in [0.717, 1.165) is 61.7 Å². The number of aromatic nitrogens is 2. The number of carbonyl (C=O) groups excluding carboxylic acids is 1. The molecule has 0 unspecified atom stereocenters. The van der Waals surface area contributed by atoms with Gasteiger partial charge in [-0.25, -0.2) is 9.78 Å². The Bertz CT molecular complexity index is 1060. The second kappa shape index (κ2) is 9.96. The standard InChI is InChI=1S/C27H37N3O4/c1-34-27(33)29-15-13-19-11-12-23-24(22(19)17-29)28-25(20-8-3-2-4-9-20)30(23)16-14-18-7-5-6-10-21(18)26(31)32/h11-12,18,20-21H,2-10,13-17H2,1H3,(H,31,32)/t18-,21+/m1/s1. The van der Waals surface area contributed by atoms with Gasteiger partial charge in [-0.05, 0) is 56.1 Å². The quantitative estimate of drug-likeness (QED) is 0.629. The van der Waals surface area contributed by atoms with Crippen LogP contribution in [0.3, 0.4) is 0 Å². The molecule has 2 aliphatic carbocycles. The van der Waals surface area contributed by atoms with Crippen LogP contribution >= 0.6 is 0 Å². The smallest absolute Gasteiger partial charge is 0.409 e. The fourth-order valence-electron chi connectivity index (χ4n) is 6.61. The van der Waals surface area contributed by atoms with Gasteiger partial charge in [0, 0.05) is 24.6 Å². The lowest BCUT2D eigenvalue weighted by Gasteiger charge is -2.29. The molecule has 5 rings (SSSR count). The van der Waals surface area contributed by atoms with Crippen molar-refractivity contribution in [3.05, 3.63) is 29.1 Å². The Morgan fingerprint density at radius 2 is 1.85 bits per heavy atom. The van der Waals surface area contributed by atoms with Gasteiger partial charge in [-0.2, -0.15) is 0 Å². The number of hydrogen-bond donors (Lipinski definition) is 1. The number of rotatable bonds is 5. The molecule has 1 aliphatic heterocycles. The van der Waals surface area contributed by atoms with Crippen LogP contribution in [0.4, 0.5) is 4.79 Å². The molecule has 2 aromatic rings. The van der Waals surface area contributed by atoms with Gasteiger partial charge in [0.15, 0.2) is 0 Å². The topological polar surface area (TPSA) is 84.7 Å². The van der Waals surface area contributed by atoms with E-state index in [1.54, 1.807) is 4.90 Å². The fourth-order valence-corrected chi connectivity index (χ4v) is 6.61. The predicted molar refractivity (Wildman–Crippen MR) is 130 cm³/mol. The van der Waals surface area contributed by atoms with Crippen LogP contribution in [0, 0.1) is 11.8 Å². The number of benzene rings is 1. The molecule has 7 nitrogen and oxygen atoms in total. The molecule has 1 aromatic heterocycles. The van der Waals surface area contributed by atoms with Crippen LogP contribution < -0.4 is 0 Å². The van der Waals surface area contributed by atoms with Gasteiger partial charge < -0.3 is 19.3 Å². The van der Waals surface area contributed by atoms with Crippen molar-refractivity contribution < 1.29 is 19.4 Å². The molecule has 1 N–H and O–H groups in total. The number of carboxylic acid groups (broad SMARTS) is 1. The van der Waals surface area contributed by atoms with Gasteiger partial charge in [0.2, 0.25) is 0 Å². The number of hydrogen-bond acceptors (Lipinski definition) is 4. The zero-order valence-electron chi connectivity index (χ0n) is 20.3. The molecule has 0 saturated heterocycles. The Balaban J connectivity index is 1.50. The van der Waals surface area contributed by atoms with Gasteiger partial charge in [-0.15, -0.1) is 0 Å². The highest BCUT2D eigenvalue weighted by Crippen LogP contribution is 2.38. The molecule has 0 bridgehead atoms. The number of carbonyl (C=O) groups is 2. The van der Waals surface area contributed by atoms with E-state index in [4.69, 9.17) is 9.72 Å². The van der Waals surface area contributed by atoms with Crippen LogP contribution in [0.2, 0.25) is 0 Å². The van der Waals surface area contributed by atoms with Crippen LogP contribution in [0.25, 0.3) is 11.0 Å². The largest absolute Gasteiger partial charge is 0.481 e. The monoisotopic (exact) mass is 467 g/mol. The molecule has 0 spiro atoms. The van der Waals surface area contributed by atoms with Crippen LogP contribution in [-0.4, -0.2) is 45.3 Å². The Kier molecular flexibility index (Phi) is 6.79. The number of amides is 1. The third-order valence-electron chi connectivity index (χ3n) is 8.51. The van der Waals surface area contributed by atoms with Gasteiger partial charge in [0.25, 0.3) is 0 Å². The maximum atomic E-state index is 12.2. The molecule has 0 radical (unpaired) electrons. The molecule has 3 aliphatic rings. The molecule has 7 heteroatoms. The van der Waals surface area contributed by atoms with E-state index in [1.165, 1.54) is 50.6 Å². The normalized spacial score (nSPS) is 23.6. The second-order valence-corrected chi connectivity index (χ2v) is 10.4. The highest BCUT2D eigenvalue weighted by atomic mass is 16.5. The minimum atomic E-state index is -0.635. The second-order valence-electron chi connectivity index (χ2n) is 10.4. The van der Waals surface area contributed by atoms with Crippen molar-refractivity contribution in [2.45, 2.75) is 89.6 Å². The Hall–Kier alpha value is -2.57. The SMILES string of the molecule is COC(=O)N1CCc2ccc3c(nc(C4CCCCC4)n3CC[C@H]3CCCC[C@@H]3C(=O)O)c2C1. The molecule has 1 aromatic carbocycles. The highest BCUT2D eigenvalue weighted by Gasteiger charge is 2.32. The molecule has 1 amide bonds. The Labute approximate surface area is 201 Å². The average molecular weight is 468 g/mol. The summed E-state index contributed by atoms with van der Waals surface area (Å²) in [6, 6.07) is 4.41. The summed E-state index contributed by atoms with van der Waals surface area (Å²) in [4.78, 5) is 31.1. The van der Waals surface area contributed by atoms with Gasteiger partial charge in [0.05, 0.1) is 30.6 Å².